The molecular formula is C10H16N2O2. The van der Waals surface area contributed by atoms with Crippen LogP contribution in [-0.4, -0.2) is 26.3 Å². The minimum atomic E-state index is -1.28. The van der Waals surface area contributed by atoms with Crippen molar-refractivity contribution in [1.82, 2.24) is 9.78 Å². The Morgan fingerprint density at radius 2 is 2.29 bits per heavy atom. The predicted molar refractivity (Wildman–Crippen MR) is 53.1 cm³/mol. The summed E-state index contributed by atoms with van der Waals surface area (Å²) >= 11 is 0. The molecule has 0 aromatic carbocycles. The van der Waals surface area contributed by atoms with Crippen molar-refractivity contribution in [1.29, 1.82) is 0 Å². The van der Waals surface area contributed by atoms with E-state index in [0.29, 0.717) is 18.7 Å². The van der Waals surface area contributed by atoms with Crippen molar-refractivity contribution >= 4 is 5.78 Å². The van der Waals surface area contributed by atoms with E-state index in [4.69, 9.17) is 0 Å². The fraction of sp³-hybridized carbons (Fsp3) is 0.600. The highest BCUT2D eigenvalue weighted by molar-refractivity contribution is 6.00. The van der Waals surface area contributed by atoms with Gasteiger partial charge in [-0.05, 0) is 26.3 Å². The Morgan fingerprint density at radius 1 is 1.64 bits per heavy atom. The molecule has 0 radical (unpaired) electrons. The maximum atomic E-state index is 11.8. The molecule has 0 aliphatic carbocycles. The highest BCUT2D eigenvalue weighted by Crippen LogP contribution is 2.16. The van der Waals surface area contributed by atoms with E-state index in [-0.39, 0.29) is 5.78 Å². The molecule has 1 atom stereocenters. The first-order valence-corrected chi connectivity index (χ1v) is 4.82. The topological polar surface area (TPSA) is 55.1 Å². The van der Waals surface area contributed by atoms with Crippen LogP contribution in [0.4, 0.5) is 0 Å². The minimum absolute atomic E-state index is 0.264. The van der Waals surface area contributed by atoms with Crippen LogP contribution in [0.3, 0.4) is 0 Å². The lowest BCUT2D eigenvalue weighted by Crippen LogP contribution is -2.35. The van der Waals surface area contributed by atoms with Crippen LogP contribution in [0.15, 0.2) is 12.3 Å². The van der Waals surface area contributed by atoms with Gasteiger partial charge in [0, 0.05) is 12.7 Å². The standard InChI is InChI=1S/C10H16N2O2/c1-4-10(3,14)9(13)8-6-7-11-12(8)5-2/h6-7,14H,4-5H2,1-3H3. The smallest absolute Gasteiger partial charge is 0.211 e. The van der Waals surface area contributed by atoms with Crippen LogP contribution in [-0.2, 0) is 6.54 Å². The number of aryl methyl sites for hydroxylation is 1. The monoisotopic (exact) mass is 196 g/mol. The second-order valence-electron chi connectivity index (χ2n) is 3.49. The lowest BCUT2D eigenvalue weighted by atomic mass is 9.95. The van der Waals surface area contributed by atoms with Crippen LogP contribution in [0, 0.1) is 0 Å². The van der Waals surface area contributed by atoms with Crippen LogP contribution >= 0.6 is 0 Å². The molecule has 0 saturated heterocycles. The highest BCUT2D eigenvalue weighted by atomic mass is 16.3. The molecule has 1 heterocycles. The fourth-order valence-electron chi connectivity index (χ4n) is 1.21. The van der Waals surface area contributed by atoms with Gasteiger partial charge in [-0.2, -0.15) is 5.10 Å². The number of rotatable bonds is 4. The van der Waals surface area contributed by atoms with Crippen molar-refractivity contribution in [2.75, 3.05) is 0 Å². The first kappa shape index (κ1) is 10.9. The van der Waals surface area contributed by atoms with E-state index in [2.05, 4.69) is 5.10 Å². The van der Waals surface area contributed by atoms with Crippen LogP contribution in [0.25, 0.3) is 0 Å². The maximum Gasteiger partial charge on any atom is 0.211 e. The quantitative estimate of drug-likeness (QED) is 0.737. The molecule has 1 aromatic rings. The Kier molecular flexibility index (Phi) is 3.06. The van der Waals surface area contributed by atoms with Crippen molar-refractivity contribution in [3.05, 3.63) is 18.0 Å². The summed E-state index contributed by atoms with van der Waals surface area (Å²) in [6.07, 6.45) is 1.98. The van der Waals surface area contributed by atoms with Crippen LogP contribution in [0.1, 0.15) is 37.7 Å². The zero-order valence-electron chi connectivity index (χ0n) is 8.82. The van der Waals surface area contributed by atoms with Gasteiger partial charge in [-0.3, -0.25) is 9.48 Å². The van der Waals surface area contributed by atoms with E-state index >= 15 is 0 Å². The van der Waals surface area contributed by atoms with Crippen molar-refractivity contribution < 1.29 is 9.90 Å². The van der Waals surface area contributed by atoms with Crippen LogP contribution in [0.2, 0.25) is 0 Å². The van der Waals surface area contributed by atoms with Gasteiger partial charge in [-0.1, -0.05) is 6.92 Å². The molecular weight excluding hydrogens is 180 g/mol. The van der Waals surface area contributed by atoms with E-state index in [9.17, 15) is 9.90 Å². The molecule has 0 aliphatic heterocycles. The molecule has 0 aliphatic rings. The summed E-state index contributed by atoms with van der Waals surface area (Å²) < 4.78 is 1.59. The number of aliphatic hydroxyl groups is 1. The van der Waals surface area contributed by atoms with E-state index in [0.717, 1.165) is 0 Å². The molecule has 0 spiro atoms. The SMILES string of the molecule is CCn1nccc1C(=O)C(C)(O)CC. The van der Waals surface area contributed by atoms with Crippen molar-refractivity contribution in [3.8, 4) is 0 Å². The highest BCUT2D eigenvalue weighted by Gasteiger charge is 2.30. The molecule has 4 nitrogen and oxygen atoms in total. The molecule has 0 bridgehead atoms. The average molecular weight is 196 g/mol. The molecule has 0 amide bonds. The molecule has 1 N–H and O–H groups in total. The van der Waals surface area contributed by atoms with E-state index in [1.165, 1.54) is 6.92 Å². The summed E-state index contributed by atoms with van der Waals surface area (Å²) in [4.78, 5) is 11.8. The fourth-order valence-corrected chi connectivity index (χ4v) is 1.21. The lowest BCUT2D eigenvalue weighted by Gasteiger charge is -2.19. The molecule has 14 heavy (non-hydrogen) atoms. The Morgan fingerprint density at radius 3 is 2.79 bits per heavy atom. The van der Waals surface area contributed by atoms with Crippen LogP contribution in [0.5, 0.6) is 0 Å². The lowest BCUT2D eigenvalue weighted by molar-refractivity contribution is 0.0379. The van der Waals surface area contributed by atoms with Crippen molar-refractivity contribution in [2.45, 2.75) is 39.3 Å². The van der Waals surface area contributed by atoms with Gasteiger partial charge in [0.15, 0.2) is 0 Å². The number of hydrogen-bond acceptors (Lipinski definition) is 3. The third-order valence-corrected chi connectivity index (χ3v) is 2.43. The molecule has 0 saturated carbocycles. The summed E-state index contributed by atoms with van der Waals surface area (Å²) in [6, 6.07) is 1.63. The van der Waals surface area contributed by atoms with Gasteiger partial charge in [0.05, 0.1) is 0 Å². The van der Waals surface area contributed by atoms with Gasteiger partial charge in [-0.25, -0.2) is 0 Å². The van der Waals surface area contributed by atoms with Crippen LogP contribution < -0.4 is 0 Å². The Labute approximate surface area is 83.5 Å². The third kappa shape index (κ3) is 1.85. The number of aromatic nitrogens is 2. The van der Waals surface area contributed by atoms with E-state index < -0.39 is 5.60 Å². The summed E-state index contributed by atoms with van der Waals surface area (Å²) in [5.74, 6) is -0.264. The Balaban J connectivity index is 3.00. The molecule has 1 aromatic heterocycles. The maximum absolute atomic E-state index is 11.8. The average Bonchev–Trinajstić information content (AvgIpc) is 2.64. The number of ketones is 1. The normalized spacial score (nSPS) is 15.1. The molecule has 4 heteroatoms. The molecule has 78 valence electrons. The van der Waals surface area contributed by atoms with E-state index in [1.807, 2.05) is 6.92 Å². The Hall–Kier alpha value is -1.16. The molecule has 1 rings (SSSR count). The summed E-state index contributed by atoms with van der Waals surface area (Å²) in [5.41, 5.74) is -0.813. The third-order valence-electron chi connectivity index (χ3n) is 2.43. The van der Waals surface area contributed by atoms with Gasteiger partial charge < -0.3 is 5.11 Å². The zero-order chi connectivity index (χ0) is 10.8. The van der Waals surface area contributed by atoms with Crippen molar-refractivity contribution in [2.24, 2.45) is 0 Å². The van der Waals surface area contributed by atoms with Crippen molar-refractivity contribution in [3.63, 3.8) is 0 Å². The Bertz CT molecular complexity index is 329. The van der Waals surface area contributed by atoms with Gasteiger partial charge in [-0.15, -0.1) is 0 Å². The number of Topliss-reactive ketones (excluding diaryl/α,β-unsaturated/α-hetero) is 1. The molecule has 1 unspecified atom stereocenters. The summed E-state index contributed by atoms with van der Waals surface area (Å²) in [5, 5.41) is 13.8. The van der Waals surface area contributed by atoms with Gasteiger partial charge in [0.1, 0.15) is 11.3 Å². The van der Waals surface area contributed by atoms with Gasteiger partial charge in [0.25, 0.3) is 0 Å². The predicted octanol–water partition coefficient (Wildman–Crippen LogP) is 1.25. The number of carbonyl (C=O) groups excluding carboxylic acids is 1. The van der Waals surface area contributed by atoms with Gasteiger partial charge >= 0.3 is 0 Å². The summed E-state index contributed by atoms with van der Waals surface area (Å²) in [6.45, 7) is 5.85. The second kappa shape index (κ2) is 3.92. The number of nitrogens with zero attached hydrogens (tertiary/aromatic N) is 2. The molecule has 0 fully saturated rings. The first-order chi connectivity index (χ1) is 6.53. The van der Waals surface area contributed by atoms with Gasteiger partial charge in [0.2, 0.25) is 5.78 Å². The number of hydrogen-bond donors (Lipinski definition) is 1. The second-order valence-corrected chi connectivity index (χ2v) is 3.49. The first-order valence-electron chi connectivity index (χ1n) is 4.82. The largest absolute Gasteiger partial charge is 0.382 e. The summed E-state index contributed by atoms with van der Waals surface area (Å²) in [7, 11) is 0. The minimum Gasteiger partial charge on any atom is -0.382 e. The zero-order valence-corrected chi connectivity index (χ0v) is 8.82. The number of carbonyl (C=O) groups is 1. The van der Waals surface area contributed by atoms with E-state index in [1.54, 1.807) is 23.9 Å².